The average Bonchev–Trinajstić information content (AvgIpc) is 3.27. The fourth-order valence-electron chi connectivity index (χ4n) is 3.05. The highest BCUT2D eigenvalue weighted by molar-refractivity contribution is 7.09. The van der Waals surface area contributed by atoms with Gasteiger partial charge in [0.1, 0.15) is 17.1 Å². The number of nitrogen functional groups attached to an aromatic ring is 1. The standard InChI is InChI=1S/C18H14BN5O4S/c1-27-17-6-13(18-21-8-23-29-18)12(5-14(17)19(26)28-9-25)10-2-3-11-15(20)7-22-24-16(11)4-10/h2-9,26H,1H3,(H2,20,24). The monoisotopic (exact) mass is 407 g/mol. The third kappa shape index (κ3) is 3.48. The number of carbonyl (C=O) groups is 1. The predicted octanol–water partition coefficient (Wildman–Crippen LogP) is 1.27. The summed E-state index contributed by atoms with van der Waals surface area (Å²) in [6.45, 7) is 0.177. The molecule has 4 rings (SSSR count). The van der Waals surface area contributed by atoms with Crippen LogP contribution >= 0.6 is 11.5 Å². The molecule has 0 amide bonds. The van der Waals surface area contributed by atoms with Gasteiger partial charge in [-0.05, 0) is 46.9 Å². The number of hydrogen-bond donors (Lipinski definition) is 2. The van der Waals surface area contributed by atoms with Gasteiger partial charge in [-0.1, -0.05) is 6.07 Å². The third-order valence-corrected chi connectivity index (χ3v) is 5.09. The van der Waals surface area contributed by atoms with E-state index in [0.29, 0.717) is 27.4 Å². The number of hydrogen-bond acceptors (Lipinski definition) is 10. The first-order valence-corrected chi connectivity index (χ1v) is 9.17. The highest BCUT2D eigenvalue weighted by Crippen LogP contribution is 2.36. The Balaban J connectivity index is 1.97. The Morgan fingerprint density at radius 1 is 1.24 bits per heavy atom. The molecule has 0 aliphatic rings. The van der Waals surface area contributed by atoms with Crippen molar-refractivity contribution in [3.05, 3.63) is 42.9 Å². The first kappa shape index (κ1) is 18.8. The van der Waals surface area contributed by atoms with Crippen molar-refractivity contribution in [3.8, 4) is 27.4 Å². The molecular weight excluding hydrogens is 393 g/mol. The molecule has 2 aromatic heterocycles. The van der Waals surface area contributed by atoms with E-state index in [1.54, 1.807) is 12.1 Å². The molecule has 9 nitrogen and oxygen atoms in total. The molecule has 0 aliphatic carbocycles. The Kier molecular flexibility index (Phi) is 5.06. The summed E-state index contributed by atoms with van der Waals surface area (Å²) < 4.78 is 14.2. The van der Waals surface area contributed by atoms with Crippen LogP contribution in [-0.4, -0.2) is 45.3 Å². The number of aromatic nitrogens is 4. The van der Waals surface area contributed by atoms with Crippen LogP contribution in [0.2, 0.25) is 0 Å². The van der Waals surface area contributed by atoms with Gasteiger partial charge < -0.3 is 20.1 Å². The second-order valence-corrected chi connectivity index (χ2v) is 6.78. The van der Waals surface area contributed by atoms with Crippen LogP contribution in [0.3, 0.4) is 0 Å². The number of nitrogens with two attached hydrogens (primary N) is 1. The molecule has 0 bridgehead atoms. The van der Waals surface area contributed by atoms with Gasteiger partial charge in [-0.15, -0.1) is 0 Å². The average molecular weight is 407 g/mol. The first-order valence-electron chi connectivity index (χ1n) is 8.39. The van der Waals surface area contributed by atoms with Gasteiger partial charge in [-0.3, -0.25) is 4.79 Å². The largest absolute Gasteiger partial charge is 0.565 e. The van der Waals surface area contributed by atoms with Crippen molar-refractivity contribution in [2.75, 3.05) is 12.8 Å². The Hall–Kier alpha value is -3.57. The summed E-state index contributed by atoms with van der Waals surface area (Å²) in [4.78, 5) is 15.0. The van der Waals surface area contributed by atoms with E-state index in [1.165, 1.54) is 31.2 Å². The normalized spacial score (nSPS) is 10.7. The lowest BCUT2D eigenvalue weighted by atomic mass is 9.76. The SMILES string of the molecule is COc1cc(-c2ncns2)c(-c2ccc3c(N)cnnc3c2)cc1B(O)OC=O. The van der Waals surface area contributed by atoms with Crippen LogP contribution in [0, 0.1) is 0 Å². The fourth-order valence-corrected chi connectivity index (χ4v) is 3.60. The molecule has 0 saturated carbocycles. The van der Waals surface area contributed by atoms with E-state index >= 15 is 0 Å². The van der Waals surface area contributed by atoms with E-state index in [0.717, 1.165) is 22.1 Å². The molecule has 0 atom stereocenters. The topological polar surface area (TPSA) is 133 Å². The van der Waals surface area contributed by atoms with Crippen LogP contribution < -0.4 is 15.9 Å². The van der Waals surface area contributed by atoms with Crippen LogP contribution in [0.25, 0.3) is 32.6 Å². The second kappa shape index (κ2) is 7.82. The third-order valence-electron chi connectivity index (χ3n) is 4.39. The molecule has 0 radical (unpaired) electrons. The van der Waals surface area contributed by atoms with Gasteiger partial charge >= 0.3 is 7.12 Å². The maximum absolute atomic E-state index is 10.7. The molecule has 2 heterocycles. The van der Waals surface area contributed by atoms with Crippen molar-refractivity contribution in [2.24, 2.45) is 0 Å². The summed E-state index contributed by atoms with van der Waals surface area (Å²) >= 11 is 1.22. The Morgan fingerprint density at radius 3 is 2.83 bits per heavy atom. The van der Waals surface area contributed by atoms with E-state index < -0.39 is 7.12 Å². The molecule has 29 heavy (non-hydrogen) atoms. The number of anilines is 1. The van der Waals surface area contributed by atoms with Crippen LogP contribution in [0.4, 0.5) is 5.69 Å². The fraction of sp³-hybridized carbons (Fsp3) is 0.0556. The van der Waals surface area contributed by atoms with Crippen LogP contribution in [-0.2, 0) is 9.45 Å². The smallest absolute Gasteiger partial charge is 0.508 e. The predicted molar refractivity (Wildman–Crippen MR) is 110 cm³/mol. The lowest BCUT2D eigenvalue weighted by Gasteiger charge is -2.16. The van der Waals surface area contributed by atoms with Crippen molar-refractivity contribution < 1.29 is 19.2 Å². The summed E-state index contributed by atoms with van der Waals surface area (Å²) in [6, 6.07) is 8.97. The zero-order valence-electron chi connectivity index (χ0n) is 15.1. The number of benzene rings is 2. The van der Waals surface area contributed by atoms with Crippen molar-refractivity contribution in [1.29, 1.82) is 0 Å². The van der Waals surface area contributed by atoms with E-state index in [-0.39, 0.29) is 6.47 Å². The van der Waals surface area contributed by atoms with E-state index in [4.69, 9.17) is 15.1 Å². The lowest BCUT2D eigenvalue weighted by molar-refractivity contribution is -0.121. The zero-order valence-corrected chi connectivity index (χ0v) is 16.0. The number of fused-ring (bicyclic) bond motifs is 1. The minimum absolute atomic E-state index is 0.177. The maximum atomic E-state index is 10.7. The van der Waals surface area contributed by atoms with Crippen LogP contribution in [0.5, 0.6) is 5.75 Å². The minimum atomic E-state index is -1.49. The van der Waals surface area contributed by atoms with Crippen molar-refractivity contribution in [1.82, 2.24) is 19.6 Å². The van der Waals surface area contributed by atoms with Gasteiger partial charge in [0.2, 0.25) is 0 Å². The van der Waals surface area contributed by atoms with Gasteiger partial charge in [0, 0.05) is 16.4 Å². The molecule has 3 N–H and O–H groups in total. The molecular formula is C18H14BN5O4S. The quantitative estimate of drug-likeness (QED) is 0.358. The zero-order chi connectivity index (χ0) is 20.4. The lowest BCUT2D eigenvalue weighted by Crippen LogP contribution is -2.34. The first-order chi connectivity index (χ1) is 14.1. The molecule has 4 aromatic rings. The van der Waals surface area contributed by atoms with Gasteiger partial charge in [0.05, 0.1) is 24.5 Å². The van der Waals surface area contributed by atoms with Gasteiger partial charge in [0.15, 0.2) is 0 Å². The Labute approximate surface area is 169 Å². The van der Waals surface area contributed by atoms with Crippen molar-refractivity contribution >= 4 is 47.2 Å². The number of methoxy groups -OCH3 is 1. The number of rotatable bonds is 6. The molecule has 2 aromatic carbocycles. The van der Waals surface area contributed by atoms with Gasteiger partial charge in [-0.25, -0.2) is 4.98 Å². The van der Waals surface area contributed by atoms with Gasteiger partial charge in [-0.2, -0.15) is 14.6 Å². The van der Waals surface area contributed by atoms with E-state index in [2.05, 4.69) is 19.6 Å². The molecule has 0 saturated heterocycles. The Bertz CT molecular complexity index is 1190. The summed E-state index contributed by atoms with van der Waals surface area (Å²) in [5.74, 6) is 0.345. The van der Waals surface area contributed by atoms with Crippen LogP contribution in [0.1, 0.15) is 0 Å². The molecule has 0 unspecified atom stereocenters. The van der Waals surface area contributed by atoms with Gasteiger partial charge in [0.25, 0.3) is 6.47 Å². The number of nitrogens with zero attached hydrogens (tertiary/aromatic N) is 4. The summed E-state index contributed by atoms with van der Waals surface area (Å²) in [6.07, 6.45) is 2.95. The molecule has 11 heteroatoms. The second-order valence-electron chi connectivity index (χ2n) is 6.00. The van der Waals surface area contributed by atoms with Crippen molar-refractivity contribution in [3.63, 3.8) is 0 Å². The number of ether oxygens (including phenoxy) is 1. The summed E-state index contributed by atoms with van der Waals surface area (Å²) in [5.41, 5.74) is 9.64. The molecule has 144 valence electrons. The molecule has 0 fully saturated rings. The van der Waals surface area contributed by atoms with Crippen LogP contribution in [0.15, 0.2) is 42.9 Å². The molecule has 0 spiro atoms. The minimum Gasteiger partial charge on any atom is -0.508 e. The maximum Gasteiger partial charge on any atom is 0.565 e. The van der Waals surface area contributed by atoms with E-state index in [1.807, 2.05) is 18.2 Å². The number of carbonyl (C=O) groups excluding carboxylic acids is 1. The summed E-state index contributed by atoms with van der Waals surface area (Å²) in [7, 11) is -0.0229. The highest BCUT2D eigenvalue weighted by Gasteiger charge is 2.26. The van der Waals surface area contributed by atoms with Crippen molar-refractivity contribution in [2.45, 2.75) is 0 Å². The van der Waals surface area contributed by atoms with E-state index in [9.17, 15) is 9.82 Å². The molecule has 0 aliphatic heterocycles. The Morgan fingerprint density at radius 2 is 2.10 bits per heavy atom. The summed E-state index contributed by atoms with van der Waals surface area (Å²) in [5, 5.41) is 19.7. The highest BCUT2D eigenvalue weighted by atomic mass is 32.1.